The normalized spacial score (nSPS) is 15.4. The van der Waals surface area contributed by atoms with Crippen molar-refractivity contribution in [1.29, 1.82) is 0 Å². The molecule has 2 heterocycles. The van der Waals surface area contributed by atoms with Crippen molar-refractivity contribution >= 4 is 35.0 Å². The Kier molecular flexibility index (Phi) is 5.69. The first-order chi connectivity index (χ1) is 14.0. The van der Waals surface area contributed by atoms with Crippen LogP contribution >= 0.6 is 23.2 Å². The maximum Gasteiger partial charge on any atom is 0.260 e. The van der Waals surface area contributed by atoms with E-state index in [0.29, 0.717) is 59.0 Å². The lowest BCUT2D eigenvalue weighted by Gasteiger charge is -2.34. The van der Waals surface area contributed by atoms with E-state index >= 15 is 0 Å². The molecule has 0 bridgehead atoms. The van der Waals surface area contributed by atoms with E-state index in [1.807, 2.05) is 0 Å². The number of fused-ring (bicyclic) bond motifs is 1. The molecule has 152 valence electrons. The number of carbonyl (C=O) groups is 2. The van der Waals surface area contributed by atoms with Crippen molar-refractivity contribution in [2.24, 2.45) is 0 Å². The van der Waals surface area contributed by atoms with Crippen LogP contribution in [-0.4, -0.2) is 61.2 Å². The highest BCUT2D eigenvalue weighted by Gasteiger charge is 2.26. The number of carbonyl (C=O) groups excluding carboxylic acids is 2. The summed E-state index contributed by atoms with van der Waals surface area (Å²) in [7, 11) is 0. The zero-order valence-corrected chi connectivity index (χ0v) is 16.9. The third-order valence-electron chi connectivity index (χ3n) is 4.78. The van der Waals surface area contributed by atoms with Crippen molar-refractivity contribution in [3.63, 3.8) is 0 Å². The molecule has 0 aliphatic carbocycles. The Morgan fingerprint density at radius 1 is 0.931 bits per heavy atom. The van der Waals surface area contributed by atoms with Crippen LogP contribution in [0.25, 0.3) is 0 Å². The molecule has 0 aromatic heterocycles. The van der Waals surface area contributed by atoms with Crippen LogP contribution in [0, 0.1) is 0 Å². The van der Waals surface area contributed by atoms with E-state index in [4.69, 9.17) is 37.4 Å². The Morgan fingerprint density at radius 2 is 1.66 bits per heavy atom. The molecule has 1 saturated heterocycles. The van der Waals surface area contributed by atoms with Crippen molar-refractivity contribution < 1.29 is 23.8 Å². The number of amides is 2. The summed E-state index contributed by atoms with van der Waals surface area (Å²) in [4.78, 5) is 28.5. The summed E-state index contributed by atoms with van der Waals surface area (Å²) in [6.45, 7) is 1.80. The molecule has 0 atom stereocenters. The number of benzene rings is 2. The number of rotatable bonds is 4. The van der Waals surface area contributed by atoms with E-state index in [0.717, 1.165) is 0 Å². The predicted molar refractivity (Wildman–Crippen MR) is 107 cm³/mol. The van der Waals surface area contributed by atoms with Gasteiger partial charge in [0.2, 0.25) is 6.79 Å². The summed E-state index contributed by atoms with van der Waals surface area (Å²) in [6.07, 6.45) is 0. The lowest BCUT2D eigenvalue weighted by molar-refractivity contribution is -0.134. The van der Waals surface area contributed by atoms with Crippen LogP contribution in [-0.2, 0) is 4.79 Å². The van der Waals surface area contributed by atoms with Gasteiger partial charge in [-0.05, 0) is 36.4 Å². The maximum atomic E-state index is 12.7. The van der Waals surface area contributed by atoms with Gasteiger partial charge in [0, 0.05) is 36.8 Å². The Bertz CT molecular complexity index is 944. The highest BCUT2D eigenvalue weighted by atomic mass is 35.5. The van der Waals surface area contributed by atoms with E-state index in [-0.39, 0.29) is 25.2 Å². The zero-order valence-electron chi connectivity index (χ0n) is 15.4. The Labute approximate surface area is 177 Å². The van der Waals surface area contributed by atoms with E-state index < -0.39 is 0 Å². The molecule has 2 aliphatic rings. The Balaban J connectivity index is 1.29. The van der Waals surface area contributed by atoms with Crippen molar-refractivity contribution in [3.05, 3.63) is 52.0 Å². The molecular formula is C20H18Cl2N2O5. The van der Waals surface area contributed by atoms with Gasteiger partial charge in [-0.3, -0.25) is 9.59 Å². The first-order valence-electron chi connectivity index (χ1n) is 9.06. The number of hydrogen-bond acceptors (Lipinski definition) is 5. The second-order valence-corrected chi connectivity index (χ2v) is 7.45. The molecule has 9 heteroatoms. The van der Waals surface area contributed by atoms with Crippen LogP contribution in [0.1, 0.15) is 10.4 Å². The molecule has 0 saturated carbocycles. The van der Waals surface area contributed by atoms with Crippen LogP contribution in [0.2, 0.25) is 10.0 Å². The Morgan fingerprint density at radius 3 is 2.41 bits per heavy atom. The quantitative estimate of drug-likeness (QED) is 0.736. The van der Waals surface area contributed by atoms with Crippen LogP contribution in [0.15, 0.2) is 36.4 Å². The molecule has 0 spiro atoms. The molecule has 0 radical (unpaired) electrons. The number of nitrogens with zero attached hydrogens (tertiary/aromatic N) is 2. The summed E-state index contributed by atoms with van der Waals surface area (Å²) in [5, 5.41) is 0.848. The fraction of sp³-hybridized carbons (Fsp3) is 0.300. The summed E-state index contributed by atoms with van der Waals surface area (Å²) in [5.41, 5.74) is 0.537. The molecule has 7 nitrogen and oxygen atoms in total. The number of hydrogen-bond donors (Lipinski definition) is 0. The first-order valence-corrected chi connectivity index (χ1v) is 9.81. The topological polar surface area (TPSA) is 68.3 Å². The highest BCUT2D eigenvalue weighted by molar-refractivity contribution is 6.35. The molecule has 2 aromatic carbocycles. The molecule has 29 heavy (non-hydrogen) atoms. The number of ether oxygens (including phenoxy) is 3. The molecule has 2 aromatic rings. The second kappa shape index (κ2) is 8.39. The summed E-state index contributed by atoms with van der Waals surface area (Å²) < 4.78 is 16.1. The van der Waals surface area contributed by atoms with Gasteiger partial charge in [-0.1, -0.05) is 23.2 Å². The van der Waals surface area contributed by atoms with Gasteiger partial charge in [-0.15, -0.1) is 0 Å². The zero-order chi connectivity index (χ0) is 20.4. The Hall–Kier alpha value is -2.64. The predicted octanol–water partition coefficient (Wildman–Crippen LogP) is 3.09. The van der Waals surface area contributed by atoms with Crippen LogP contribution in [0.5, 0.6) is 17.2 Å². The van der Waals surface area contributed by atoms with Crippen molar-refractivity contribution in [3.8, 4) is 17.2 Å². The fourth-order valence-corrected chi connectivity index (χ4v) is 3.66. The molecule has 4 rings (SSSR count). The third-order valence-corrected chi connectivity index (χ3v) is 5.31. The van der Waals surface area contributed by atoms with Gasteiger partial charge in [-0.25, -0.2) is 0 Å². The summed E-state index contributed by atoms with van der Waals surface area (Å²) in [5.74, 6) is 1.35. The largest absolute Gasteiger partial charge is 0.482 e. The summed E-state index contributed by atoms with van der Waals surface area (Å²) in [6, 6.07) is 9.97. The van der Waals surface area contributed by atoms with Gasteiger partial charge >= 0.3 is 0 Å². The first kappa shape index (κ1) is 19.7. The van der Waals surface area contributed by atoms with Crippen molar-refractivity contribution in [2.75, 3.05) is 39.6 Å². The standard InChI is InChI=1S/C20H18Cl2N2O5/c21-14-2-4-16(15(22)10-14)27-11-19(25)23-5-7-24(8-6-23)20(26)13-1-3-17-18(9-13)29-12-28-17/h1-4,9-10H,5-8,11-12H2. The smallest absolute Gasteiger partial charge is 0.260 e. The minimum atomic E-state index is -0.161. The lowest BCUT2D eigenvalue weighted by atomic mass is 10.1. The van der Waals surface area contributed by atoms with E-state index in [1.165, 1.54) is 0 Å². The lowest BCUT2D eigenvalue weighted by Crippen LogP contribution is -2.51. The van der Waals surface area contributed by atoms with Gasteiger partial charge in [0.25, 0.3) is 11.8 Å². The van der Waals surface area contributed by atoms with E-state index in [9.17, 15) is 9.59 Å². The second-order valence-electron chi connectivity index (χ2n) is 6.60. The van der Waals surface area contributed by atoms with Crippen LogP contribution in [0.3, 0.4) is 0 Å². The fourth-order valence-electron chi connectivity index (χ4n) is 3.19. The van der Waals surface area contributed by atoms with E-state index in [2.05, 4.69) is 0 Å². The third kappa shape index (κ3) is 4.36. The average Bonchev–Trinajstić information content (AvgIpc) is 3.20. The molecular weight excluding hydrogens is 419 g/mol. The minimum Gasteiger partial charge on any atom is -0.482 e. The molecule has 0 unspecified atom stereocenters. The van der Waals surface area contributed by atoms with Crippen LogP contribution < -0.4 is 14.2 Å². The SMILES string of the molecule is O=C(COc1ccc(Cl)cc1Cl)N1CCN(C(=O)c2ccc3c(c2)OCO3)CC1. The number of piperazine rings is 1. The van der Waals surface area contributed by atoms with E-state index in [1.54, 1.807) is 46.2 Å². The van der Waals surface area contributed by atoms with Gasteiger partial charge in [0.15, 0.2) is 18.1 Å². The number of halogens is 2. The monoisotopic (exact) mass is 436 g/mol. The summed E-state index contributed by atoms with van der Waals surface area (Å²) >= 11 is 11.9. The average molecular weight is 437 g/mol. The minimum absolute atomic E-state index is 0.0976. The van der Waals surface area contributed by atoms with Crippen molar-refractivity contribution in [1.82, 2.24) is 9.80 Å². The molecule has 0 N–H and O–H groups in total. The highest BCUT2D eigenvalue weighted by Crippen LogP contribution is 2.33. The van der Waals surface area contributed by atoms with Gasteiger partial charge in [-0.2, -0.15) is 0 Å². The molecule has 1 fully saturated rings. The van der Waals surface area contributed by atoms with Crippen molar-refractivity contribution in [2.45, 2.75) is 0 Å². The van der Waals surface area contributed by atoms with Gasteiger partial charge < -0.3 is 24.0 Å². The van der Waals surface area contributed by atoms with Gasteiger partial charge in [0.05, 0.1) is 5.02 Å². The van der Waals surface area contributed by atoms with Crippen LogP contribution in [0.4, 0.5) is 0 Å². The maximum absolute atomic E-state index is 12.7. The molecule has 2 aliphatic heterocycles. The molecule has 2 amide bonds. The van der Waals surface area contributed by atoms with Gasteiger partial charge in [0.1, 0.15) is 5.75 Å².